The molecule has 0 heterocycles. The molecule has 0 aromatic heterocycles. The highest BCUT2D eigenvalue weighted by molar-refractivity contribution is 5.30. The largest absolute Gasteiger partial charge is 0.329 e. The molecule has 2 nitrogen and oxygen atoms in total. The number of aryl methyl sites for hydroxylation is 1. The highest BCUT2D eigenvalue weighted by Gasteiger charge is 2.24. The predicted octanol–water partition coefficient (Wildman–Crippen LogP) is 2.87. The van der Waals surface area contributed by atoms with Crippen LogP contribution in [0.3, 0.4) is 0 Å². The number of hydrogen-bond donors (Lipinski definition) is 1. The Hall–Kier alpha value is -0.930. The maximum Gasteiger partial charge on any atom is 0.123 e. The monoisotopic (exact) mass is 250 g/mol. The molecule has 1 aliphatic rings. The van der Waals surface area contributed by atoms with Gasteiger partial charge in [0, 0.05) is 19.1 Å². The first-order valence-corrected chi connectivity index (χ1v) is 6.78. The van der Waals surface area contributed by atoms with Crippen LogP contribution < -0.4 is 5.73 Å². The highest BCUT2D eigenvalue weighted by atomic mass is 19.1. The van der Waals surface area contributed by atoms with Crippen molar-refractivity contribution in [2.45, 2.75) is 32.2 Å². The van der Waals surface area contributed by atoms with Crippen molar-refractivity contribution in [1.82, 2.24) is 4.90 Å². The Kier molecular flexibility index (Phi) is 4.36. The van der Waals surface area contributed by atoms with Gasteiger partial charge in [0.1, 0.15) is 5.82 Å². The molecular formula is C15H23FN2. The van der Waals surface area contributed by atoms with E-state index in [0.29, 0.717) is 6.54 Å². The molecule has 2 N–H and O–H groups in total. The summed E-state index contributed by atoms with van der Waals surface area (Å²) in [5.41, 5.74) is 8.04. The van der Waals surface area contributed by atoms with E-state index in [-0.39, 0.29) is 11.9 Å². The van der Waals surface area contributed by atoms with Crippen molar-refractivity contribution >= 4 is 0 Å². The van der Waals surface area contributed by atoms with E-state index in [9.17, 15) is 4.39 Å². The van der Waals surface area contributed by atoms with Crippen LogP contribution in [0.5, 0.6) is 0 Å². The van der Waals surface area contributed by atoms with Crippen molar-refractivity contribution in [2.75, 3.05) is 20.1 Å². The second-order valence-corrected chi connectivity index (χ2v) is 5.49. The fraction of sp³-hybridized carbons (Fsp3) is 0.600. The predicted molar refractivity (Wildman–Crippen MR) is 72.9 cm³/mol. The Morgan fingerprint density at radius 1 is 1.44 bits per heavy atom. The fourth-order valence-corrected chi connectivity index (χ4v) is 2.72. The van der Waals surface area contributed by atoms with Crippen LogP contribution in [-0.4, -0.2) is 25.0 Å². The third-order valence-electron chi connectivity index (χ3n) is 4.13. The van der Waals surface area contributed by atoms with Crippen LogP contribution in [0.1, 0.15) is 36.4 Å². The van der Waals surface area contributed by atoms with E-state index in [4.69, 9.17) is 5.73 Å². The van der Waals surface area contributed by atoms with E-state index < -0.39 is 0 Å². The molecule has 0 saturated heterocycles. The van der Waals surface area contributed by atoms with Gasteiger partial charge in [0.15, 0.2) is 0 Å². The Balaban J connectivity index is 2.12. The molecule has 0 amide bonds. The quantitative estimate of drug-likeness (QED) is 0.870. The average Bonchev–Trinajstić information content (AvgIpc) is 2.29. The lowest BCUT2D eigenvalue weighted by Gasteiger charge is -2.35. The van der Waals surface area contributed by atoms with E-state index in [2.05, 4.69) is 11.9 Å². The first-order chi connectivity index (χ1) is 8.61. The summed E-state index contributed by atoms with van der Waals surface area (Å²) in [6.45, 7) is 3.62. The van der Waals surface area contributed by atoms with E-state index in [0.717, 1.165) is 23.6 Å². The second kappa shape index (κ2) is 5.81. The van der Waals surface area contributed by atoms with Gasteiger partial charge in [-0.05, 0) is 56.0 Å². The molecule has 1 aromatic carbocycles. The minimum Gasteiger partial charge on any atom is -0.329 e. The van der Waals surface area contributed by atoms with Gasteiger partial charge in [0.25, 0.3) is 0 Å². The number of halogens is 1. The summed E-state index contributed by atoms with van der Waals surface area (Å²) < 4.78 is 13.4. The lowest BCUT2D eigenvalue weighted by molar-refractivity contribution is 0.164. The van der Waals surface area contributed by atoms with Crippen molar-refractivity contribution in [3.63, 3.8) is 0 Å². The molecule has 100 valence electrons. The Labute approximate surface area is 109 Å². The molecule has 1 unspecified atom stereocenters. The van der Waals surface area contributed by atoms with E-state index in [1.165, 1.54) is 25.3 Å². The summed E-state index contributed by atoms with van der Waals surface area (Å²) in [5.74, 6) is 0.629. The topological polar surface area (TPSA) is 29.3 Å². The average molecular weight is 250 g/mol. The zero-order chi connectivity index (χ0) is 13.1. The Morgan fingerprint density at radius 3 is 2.72 bits per heavy atom. The van der Waals surface area contributed by atoms with Gasteiger partial charge in [-0.15, -0.1) is 0 Å². The van der Waals surface area contributed by atoms with Crippen molar-refractivity contribution in [3.05, 3.63) is 35.1 Å². The second-order valence-electron chi connectivity index (χ2n) is 5.49. The fourth-order valence-electron chi connectivity index (χ4n) is 2.72. The minimum absolute atomic E-state index is 0.126. The minimum atomic E-state index is -0.175. The van der Waals surface area contributed by atoms with Gasteiger partial charge in [-0.1, -0.05) is 12.5 Å². The van der Waals surface area contributed by atoms with Crippen molar-refractivity contribution in [2.24, 2.45) is 11.7 Å². The van der Waals surface area contributed by atoms with E-state index in [1.807, 2.05) is 13.0 Å². The summed E-state index contributed by atoms with van der Waals surface area (Å²) in [7, 11) is 2.10. The lowest BCUT2D eigenvalue weighted by Crippen LogP contribution is -2.36. The van der Waals surface area contributed by atoms with E-state index >= 15 is 0 Å². The van der Waals surface area contributed by atoms with Gasteiger partial charge in [0.2, 0.25) is 0 Å². The lowest BCUT2D eigenvalue weighted by atomic mass is 9.84. The maximum absolute atomic E-state index is 13.4. The zero-order valence-electron chi connectivity index (χ0n) is 11.3. The Morgan fingerprint density at radius 2 is 2.17 bits per heavy atom. The van der Waals surface area contributed by atoms with Crippen LogP contribution in [0.4, 0.5) is 4.39 Å². The normalized spacial score (nSPS) is 17.8. The molecule has 18 heavy (non-hydrogen) atoms. The van der Waals surface area contributed by atoms with Crippen LogP contribution in [0.25, 0.3) is 0 Å². The molecule has 1 atom stereocenters. The van der Waals surface area contributed by atoms with Crippen LogP contribution in [0.2, 0.25) is 0 Å². The third-order valence-corrected chi connectivity index (χ3v) is 4.13. The van der Waals surface area contributed by atoms with Crippen LogP contribution in [0.15, 0.2) is 18.2 Å². The first kappa shape index (κ1) is 13.5. The summed E-state index contributed by atoms with van der Waals surface area (Å²) in [6.07, 6.45) is 4.00. The number of rotatable bonds is 5. The van der Waals surface area contributed by atoms with Crippen molar-refractivity contribution in [3.8, 4) is 0 Å². The number of benzene rings is 1. The van der Waals surface area contributed by atoms with Gasteiger partial charge >= 0.3 is 0 Å². The van der Waals surface area contributed by atoms with Crippen molar-refractivity contribution < 1.29 is 4.39 Å². The molecular weight excluding hydrogens is 227 g/mol. The highest BCUT2D eigenvalue weighted by Crippen LogP contribution is 2.30. The number of hydrogen-bond acceptors (Lipinski definition) is 2. The molecule has 3 heteroatoms. The maximum atomic E-state index is 13.4. The molecule has 1 fully saturated rings. The summed E-state index contributed by atoms with van der Waals surface area (Å²) in [5, 5.41) is 0. The van der Waals surface area contributed by atoms with Gasteiger partial charge in [-0.2, -0.15) is 0 Å². The number of likely N-dealkylation sites (N-methyl/N-ethyl adjacent to an activating group) is 1. The van der Waals surface area contributed by atoms with Crippen LogP contribution >= 0.6 is 0 Å². The molecule has 1 aromatic rings. The first-order valence-electron chi connectivity index (χ1n) is 6.78. The molecule has 2 rings (SSSR count). The van der Waals surface area contributed by atoms with Crippen LogP contribution in [-0.2, 0) is 0 Å². The zero-order valence-corrected chi connectivity index (χ0v) is 11.3. The summed E-state index contributed by atoms with van der Waals surface area (Å²) >= 11 is 0. The van der Waals surface area contributed by atoms with Crippen LogP contribution in [0, 0.1) is 18.7 Å². The molecule has 1 saturated carbocycles. The Bertz CT molecular complexity index is 401. The molecule has 0 aliphatic heterocycles. The smallest absolute Gasteiger partial charge is 0.123 e. The third kappa shape index (κ3) is 2.90. The van der Waals surface area contributed by atoms with Gasteiger partial charge in [-0.3, -0.25) is 4.90 Å². The van der Waals surface area contributed by atoms with Gasteiger partial charge < -0.3 is 5.73 Å². The summed E-state index contributed by atoms with van der Waals surface area (Å²) in [4.78, 5) is 2.28. The molecule has 1 aliphatic carbocycles. The molecule has 0 spiro atoms. The summed E-state index contributed by atoms with van der Waals surface area (Å²) in [6, 6.07) is 5.11. The number of nitrogens with zero attached hydrogens (tertiary/aromatic N) is 1. The van der Waals surface area contributed by atoms with Gasteiger partial charge in [-0.25, -0.2) is 4.39 Å². The molecule has 0 radical (unpaired) electrons. The standard InChI is InChI=1S/C15H23FN2/c1-11-6-7-13(16)8-14(11)15(9-17)18(2)10-12-4-3-5-12/h6-8,12,15H,3-5,9-10,17H2,1-2H3. The van der Waals surface area contributed by atoms with Gasteiger partial charge in [0.05, 0.1) is 0 Å². The molecule has 0 bridgehead atoms. The number of nitrogens with two attached hydrogens (primary N) is 1. The SMILES string of the molecule is Cc1ccc(F)cc1C(CN)N(C)CC1CCC1. The van der Waals surface area contributed by atoms with E-state index in [1.54, 1.807) is 6.07 Å². The van der Waals surface area contributed by atoms with Crippen molar-refractivity contribution in [1.29, 1.82) is 0 Å².